The van der Waals surface area contributed by atoms with E-state index in [1.807, 2.05) is 0 Å². The third-order valence-electron chi connectivity index (χ3n) is 1.35. The number of hydrogen-bond acceptors (Lipinski definition) is 5. The number of aromatic amines is 1. The molecule has 12 heavy (non-hydrogen) atoms. The number of nitrogens with two attached hydrogens (primary N) is 1. The molecule has 66 valence electrons. The molecule has 0 aromatic carbocycles. The van der Waals surface area contributed by atoms with Crippen molar-refractivity contribution in [2.75, 3.05) is 0 Å². The van der Waals surface area contributed by atoms with Crippen molar-refractivity contribution in [1.29, 1.82) is 0 Å². The molecule has 0 aliphatic carbocycles. The van der Waals surface area contributed by atoms with Crippen LogP contribution in [-0.2, 0) is 6.61 Å². The number of aliphatic hydroxyl groups excluding tert-OH is 2. The first kappa shape index (κ1) is 8.69. The van der Waals surface area contributed by atoms with Gasteiger partial charge in [0.1, 0.15) is 6.10 Å². The highest BCUT2D eigenvalue weighted by Crippen LogP contribution is 2.08. The minimum absolute atomic E-state index is 0.139. The summed E-state index contributed by atoms with van der Waals surface area (Å²) >= 11 is 0. The van der Waals surface area contributed by atoms with Gasteiger partial charge < -0.3 is 16.1 Å². The zero-order valence-electron chi connectivity index (χ0n) is 6.31. The molecular weight excluding hydrogens is 160 g/mol. The van der Waals surface area contributed by atoms with Gasteiger partial charge in [-0.3, -0.25) is 5.10 Å². The molecule has 1 rings (SSSR count). The van der Waals surface area contributed by atoms with Gasteiger partial charge in [0.2, 0.25) is 0 Å². The van der Waals surface area contributed by atoms with Crippen molar-refractivity contribution in [3.05, 3.63) is 17.5 Å². The molecular formula is C6H10N4O2. The van der Waals surface area contributed by atoms with Gasteiger partial charge in [-0.05, 0) is 6.07 Å². The Morgan fingerprint density at radius 3 is 3.08 bits per heavy atom. The van der Waals surface area contributed by atoms with Crippen LogP contribution in [0.15, 0.2) is 11.2 Å². The molecule has 1 aromatic rings. The Hall–Kier alpha value is -1.40. The van der Waals surface area contributed by atoms with Gasteiger partial charge in [-0.25, -0.2) is 0 Å². The monoisotopic (exact) mass is 170 g/mol. The summed E-state index contributed by atoms with van der Waals surface area (Å²) in [5.41, 5.74) is 0.919. The van der Waals surface area contributed by atoms with Crippen molar-refractivity contribution in [3.63, 3.8) is 0 Å². The van der Waals surface area contributed by atoms with Crippen LogP contribution in [0.4, 0.5) is 0 Å². The van der Waals surface area contributed by atoms with Crippen LogP contribution in [-0.4, -0.2) is 26.6 Å². The molecule has 6 nitrogen and oxygen atoms in total. The molecule has 0 saturated heterocycles. The first-order valence-electron chi connectivity index (χ1n) is 3.34. The van der Waals surface area contributed by atoms with Gasteiger partial charge in [-0.15, -0.1) is 0 Å². The van der Waals surface area contributed by atoms with E-state index < -0.39 is 6.10 Å². The molecule has 1 aromatic heterocycles. The summed E-state index contributed by atoms with van der Waals surface area (Å²) in [6.07, 6.45) is 0.226. The van der Waals surface area contributed by atoms with Crippen LogP contribution in [0.2, 0.25) is 0 Å². The number of hydrogen-bond donors (Lipinski definition) is 4. The molecule has 0 spiro atoms. The van der Waals surface area contributed by atoms with E-state index in [0.717, 1.165) is 6.21 Å². The van der Waals surface area contributed by atoms with Gasteiger partial charge in [0.25, 0.3) is 0 Å². The number of nitrogens with zero attached hydrogens (tertiary/aromatic N) is 2. The van der Waals surface area contributed by atoms with Crippen LogP contribution < -0.4 is 5.84 Å². The second-order valence-electron chi connectivity index (χ2n) is 2.22. The fourth-order valence-corrected chi connectivity index (χ4v) is 0.770. The maximum Gasteiger partial charge on any atom is 0.135 e. The van der Waals surface area contributed by atoms with Gasteiger partial charge in [0.15, 0.2) is 0 Å². The molecule has 1 unspecified atom stereocenters. The molecule has 0 saturated carbocycles. The number of nitrogens with one attached hydrogen (secondary N) is 1. The smallest absolute Gasteiger partial charge is 0.135 e. The lowest BCUT2D eigenvalue weighted by Crippen LogP contribution is -2.00. The van der Waals surface area contributed by atoms with E-state index in [9.17, 15) is 5.11 Å². The highest BCUT2D eigenvalue weighted by atomic mass is 16.3. The average molecular weight is 170 g/mol. The van der Waals surface area contributed by atoms with Gasteiger partial charge in [-0.1, -0.05) is 0 Å². The summed E-state index contributed by atoms with van der Waals surface area (Å²) in [5, 5.41) is 27.3. The largest absolute Gasteiger partial charge is 0.390 e. The molecule has 1 heterocycles. The summed E-state index contributed by atoms with van der Waals surface area (Å²) in [6, 6.07) is 1.53. The van der Waals surface area contributed by atoms with Crippen molar-refractivity contribution in [2.24, 2.45) is 10.9 Å². The fraction of sp³-hybridized carbons (Fsp3) is 0.333. The Labute approximate surface area is 68.7 Å². The first-order chi connectivity index (χ1) is 5.77. The molecule has 6 heteroatoms. The number of hydrazone groups is 1. The van der Waals surface area contributed by atoms with Gasteiger partial charge >= 0.3 is 0 Å². The van der Waals surface area contributed by atoms with Crippen LogP contribution in [0.1, 0.15) is 17.5 Å². The SMILES string of the molecule is N/N=C/C(O)c1cc(CO)[nH]n1. The minimum atomic E-state index is -0.924. The van der Waals surface area contributed by atoms with Crippen molar-refractivity contribution in [2.45, 2.75) is 12.7 Å². The van der Waals surface area contributed by atoms with E-state index in [1.54, 1.807) is 0 Å². The van der Waals surface area contributed by atoms with Crippen LogP contribution in [0, 0.1) is 0 Å². The van der Waals surface area contributed by atoms with E-state index in [4.69, 9.17) is 10.9 Å². The Kier molecular flexibility index (Phi) is 2.78. The standard InChI is InChI=1S/C6H10N4O2/c7-8-2-6(12)5-1-4(3-11)9-10-5/h1-2,6,11-12H,3,7H2,(H,9,10)/b8-2+. The maximum absolute atomic E-state index is 9.24. The van der Waals surface area contributed by atoms with Crippen molar-refractivity contribution in [3.8, 4) is 0 Å². The lowest BCUT2D eigenvalue weighted by atomic mass is 10.2. The maximum atomic E-state index is 9.24. The van der Waals surface area contributed by atoms with Gasteiger partial charge in [0, 0.05) is 0 Å². The summed E-state index contributed by atoms with van der Waals surface area (Å²) in [7, 11) is 0. The van der Waals surface area contributed by atoms with Gasteiger partial charge in [-0.2, -0.15) is 10.2 Å². The van der Waals surface area contributed by atoms with Crippen molar-refractivity contribution >= 4 is 6.21 Å². The fourth-order valence-electron chi connectivity index (χ4n) is 0.770. The summed E-state index contributed by atoms with van der Waals surface area (Å²) in [6.45, 7) is -0.139. The number of aliphatic hydroxyl groups is 2. The van der Waals surface area contributed by atoms with Crippen molar-refractivity contribution in [1.82, 2.24) is 10.2 Å². The third-order valence-corrected chi connectivity index (χ3v) is 1.35. The Bertz CT molecular complexity index is 270. The van der Waals surface area contributed by atoms with E-state index in [1.165, 1.54) is 6.07 Å². The normalized spacial score (nSPS) is 13.8. The highest BCUT2D eigenvalue weighted by molar-refractivity contribution is 5.64. The van der Waals surface area contributed by atoms with E-state index in [0.29, 0.717) is 11.4 Å². The lowest BCUT2D eigenvalue weighted by Gasteiger charge is -1.96. The van der Waals surface area contributed by atoms with Crippen LogP contribution in [0.3, 0.4) is 0 Å². The van der Waals surface area contributed by atoms with E-state index in [2.05, 4.69) is 15.3 Å². The summed E-state index contributed by atoms with van der Waals surface area (Å²) < 4.78 is 0. The molecule has 0 aliphatic heterocycles. The minimum Gasteiger partial charge on any atom is -0.390 e. The highest BCUT2D eigenvalue weighted by Gasteiger charge is 2.08. The lowest BCUT2D eigenvalue weighted by molar-refractivity contribution is 0.247. The zero-order chi connectivity index (χ0) is 8.97. The molecule has 0 amide bonds. The molecule has 0 fully saturated rings. The number of rotatable bonds is 3. The summed E-state index contributed by atoms with van der Waals surface area (Å²) in [4.78, 5) is 0. The zero-order valence-corrected chi connectivity index (χ0v) is 6.31. The van der Waals surface area contributed by atoms with Crippen molar-refractivity contribution < 1.29 is 10.2 Å². The summed E-state index contributed by atoms with van der Waals surface area (Å²) in [5.74, 6) is 4.83. The Balaban J connectivity index is 2.74. The number of H-pyrrole nitrogens is 1. The average Bonchev–Trinajstić information content (AvgIpc) is 2.52. The second-order valence-corrected chi connectivity index (χ2v) is 2.22. The van der Waals surface area contributed by atoms with E-state index >= 15 is 0 Å². The predicted molar refractivity (Wildman–Crippen MR) is 42.1 cm³/mol. The Morgan fingerprint density at radius 1 is 1.83 bits per heavy atom. The van der Waals surface area contributed by atoms with Crippen LogP contribution >= 0.6 is 0 Å². The molecule has 5 N–H and O–H groups in total. The molecule has 0 bridgehead atoms. The number of aromatic nitrogens is 2. The quantitative estimate of drug-likeness (QED) is 0.262. The molecule has 0 aliphatic rings. The predicted octanol–water partition coefficient (Wildman–Crippen LogP) is -1.12. The van der Waals surface area contributed by atoms with Gasteiger partial charge in [0.05, 0.1) is 24.2 Å². The topological polar surface area (TPSA) is 108 Å². The van der Waals surface area contributed by atoms with E-state index in [-0.39, 0.29) is 6.61 Å². The Morgan fingerprint density at radius 2 is 2.58 bits per heavy atom. The van der Waals surface area contributed by atoms with Crippen LogP contribution in [0.25, 0.3) is 0 Å². The third kappa shape index (κ3) is 1.80. The molecule has 1 atom stereocenters. The molecule has 0 radical (unpaired) electrons. The second kappa shape index (κ2) is 3.84. The first-order valence-corrected chi connectivity index (χ1v) is 3.34. The van der Waals surface area contributed by atoms with Crippen LogP contribution in [0.5, 0.6) is 0 Å².